The SMILES string of the molecule is CCCN(C)C(=O)OCC(C)/C=C/C=C(\C)[C@H]1OC(=O)C[C@@H](O)CC[C@](C)(O)[C@@H](OC(=O)N2CCN(C3CCCCCC3)CC2)/C=C/[C@@H]1C. The van der Waals surface area contributed by atoms with Crippen LogP contribution in [0.5, 0.6) is 0 Å². The fraction of sp³-hybridized carbons (Fsp3) is 0.763. The van der Waals surface area contributed by atoms with Gasteiger partial charge in [-0.05, 0) is 57.6 Å². The minimum Gasteiger partial charge on any atom is -0.457 e. The Morgan fingerprint density at radius 1 is 1.12 bits per heavy atom. The van der Waals surface area contributed by atoms with E-state index in [1.165, 1.54) is 38.5 Å². The molecule has 1 aliphatic carbocycles. The number of nitrogens with zero attached hydrogens (tertiary/aromatic N) is 3. The van der Waals surface area contributed by atoms with Gasteiger partial charge in [-0.2, -0.15) is 0 Å². The summed E-state index contributed by atoms with van der Waals surface area (Å²) in [6, 6.07) is 0.587. The maximum atomic E-state index is 13.4. The fourth-order valence-electron chi connectivity index (χ4n) is 6.81. The van der Waals surface area contributed by atoms with Gasteiger partial charge in [-0.3, -0.25) is 9.69 Å². The third kappa shape index (κ3) is 13.4. The Morgan fingerprint density at radius 2 is 1.80 bits per heavy atom. The molecule has 0 spiro atoms. The van der Waals surface area contributed by atoms with Gasteiger partial charge >= 0.3 is 18.2 Å². The Balaban J connectivity index is 1.68. The van der Waals surface area contributed by atoms with Crippen LogP contribution in [0.4, 0.5) is 9.59 Å². The van der Waals surface area contributed by atoms with Gasteiger partial charge in [-0.1, -0.05) is 70.8 Å². The number of piperazine rings is 1. The molecular weight excluding hydrogens is 626 g/mol. The number of hydrogen-bond acceptors (Lipinski definition) is 9. The van der Waals surface area contributed by atoms with E-state index in [0.717, 1.165) is 25.1 Å². The zero-order valence-corrected chi connectivity index (χ0v) is 30.9. The summed E-state index contributed by atoms with van der Waals surface area (Å²) >= 11 is 0. The van der Waals surface area contributed by atoms with E-state index in [4.69, 9.17) is 14.2 Å². The summed E-state index contributed by atoms with van der Waals surface area (Å²) in [6.07, 6.45) is 14.2. The van der Waals surface area contributed by atoms with Gasteiger partial charge in [0.1, 0.15) is 11.7 Å². The molecule has 2 N–H and O–H groups in total. The molecule has 2 amide bonds. The van der Waals surface area contributed by atoms with E-state index in [-0.39, 0.29) is 43.8 Å². The number of rotatable bonds is 9. The zero-order chi connectivity index (χ0) is 36.0. The van der Waals surface area contributed by atoms with E-state index in [9.17, 15) is 24.6 Å². The molecule has 0 bridgehead atoms. The summed E-state index contributed by atoms with van der Waals surface area (Å²) < 4.78 is 17.3. The number of carbonyl (C=O) groups excluding carboxylic acids is 3. The van der Waals surface area contributed by atoms with Gasteiger partial charge < -0.3 is 34.2 Å². The predicted octanol–water partition coefficient (Wildman–Crippen LogP) is 5.85. The lowest BCUT2D eigenvalue weighted by Gasteiger charge is -2.40. The summed E-state index contributed by atoms with van der Waals surface area (Å²) in [5.41, 5.74) is -0.696. The van der Waals surface area contributed by atoms with Gasteiger partial charge in [0, 0.05) is 57.6 Å². The van der Waals surface area contributed by atoms with Gasteiger partial charge in [-0.15, -0.1) is 0 Å². The zero-order valence-electron chi connectivity index (χ0n) is 30.9. The lowest BCUT2D eigenvalue weighted by molar-refractivity contribution is -0.151. The molecule has 2 heterocycles. The van der Waals surface area contributed by atoms with Crippen LogP contribution in [0.1, 0.15) is 98.8 Å². The molecule has 2 aliphatic heterocycles. The van der Waals surface area contributed by atoms with Gasteiger partial charge in [-0.25, -0.2) is 9.59 Å². The Morgan fingerprint density at radius 3 is 2.45 bits per heavy atom. The molecule has 278 valence electrons. The first kappa shape index (κ1) is 40.5. The monoisotopic (exact) mass is 689 g/mol. The molecule has 11 heteroatoms. The normalized spacial score (nSPS) is 30.0. The highest BCUT2D eigenvalue weighted by molar-refractivity contribution is 5.70. The summed E-state index contributed by atoms with van der Waals surface area (Å²) in [6.45, 7) is 13.0. The largest absolute Gasteiger partial charge is 0.457 e. The average Bonchev–Trinajstić information content (AvgIpc) is 3.36. The molecule has 3 rings (SSSR count). The molecule has 0 aromatic carbocycles. The number of esters is 1. The highest BCUT2D eigenvalue weighted by Crippen LogP contribution is 2.28. The quantitative estimate of drug-likeness (QED) is 0.101. The van der Waals surface area contributed by atoms with Gasteiger partial charge in [0.15, 0.2) is 6.10 Å². The van der Waals surface area contributed by atoms with Crippen LogP contribution >= 0.6 is 0 Å². The van der Waals surface area contributed by atoms with Crippen molar-refractivity contribution in [2.24, 2.45) is 11.8 Å². The maximum Gasteiger partial charge on any atom is 0.410 e. The molecule has 2 fully saturated rings. The van der Waals surface area contributed by atoms with Crippen LogP contribution in [-0.4, -0.2) is 119 Å². The molecule has 11 nitrogen and oxygen atoms in total. The van der Waals surface area contributed by atoms with Gasteiger partial charge in [0.25, 0.3) is 0 Å². The Labute approximate surface area is 294 Å². The molecule has 49 heavy (non-hydrogen) atoms. The minimum atomic E-state index is -1.47. The second-order valence-corrected chi connectivity index (χ2v) is 14.7. The first-order valence-corrected chi connectivity index (χ1v) is 18.5. The van der Waals surface area contributed by atoms with Gasteiger partial charge in [0.05, 0.1) is 19.1 Å². The van der Waals surface area contributed by atoms with Crippen molar-refractivity contribution in [3.05, 3.63) is 36.0 Å². The highest BCUT2D eigenvalue weighted by Gasteiger charge is 2.37. The van der Waals surface area contributed by atoms with Crippen molar-refractivity contribution >= 4 is 18.2 Å². The second kappa shape index (κ2) is 20.1. The molecule has 1 unspecified atom stereocenters. The van der Waals surface area contributed by atoms with E-state index in [1.807, 2.05) is 52.0 Å². The maximum absolute atomic E-state index is 13.4. The van der Waals surface area contributed by atoms with E-state index in [2.05, 4.69) is 4.90 Å². The smallest absolute Gasteiger partial charge is 0.410 e. The van der Waals surface area contributed by atoms with Crippen molar-refractivity contribution < 1.29 is 38.8 Å². The molecule has 6 atom stereocenters. The Kier molecular flexibility index (Phi) is 16.6. The van der Waals surface area contributed by atoms with Crippen LogP contribution in [-0.2, 0) is 19.0 Å². The number of allylic oxidation sites excluding steroid dienone is 2. The Hall–Kier alpha value is -2.89. The standard InChI is InChI=1S/C38H63N3O8/c1-7-21-39(6)36(44)47-27-28(2)13-12-14-29(3)35-30(4)17-18-33(38(5,46)20-19-32(42)26-34(43)49-35)48-37(45)41-24-22-40(23-25-41)31-15-10-8-9-11-16-31/h12-14,17-18,28,30-33,35,42,46H,7-11,15-16,19-27H2,1-6H3/b13-12+,18-17+,29-14+/t28?,30-,32-,33-,35+,38-/m0/s1. The van der Waals surface area contributed by atoms with E-state index < -0.39 is 36.0 Å². The lowest BCUT2D eigenvalue weighted by atomic mass is 9.89. The fourth-order valence-corrected chi connectivity index (χ4v) is 6.81. The number of hydrogen-bond donors (Lipinski definition) is 2. The molecule has 0 aromatic heterocycles. The van der Waals surface area contributed by atoms with E-state index in [1.54, 1.807) is 29.8 Å². The third-order valence-electron chi connectivity index (χ3n) is 10.1. The summed E-state index contributed by atoms with van der Waals surface area (Å²) in [5, 5.41) is 22.2. The number of ether oxygens (including phenoxy) is 3. The van der Waals surface area contributed by atoms with Crippen molar-refractivity contribution in [3.8, 4) is 0 Å². The summed E-state index contributed by atoms with van der Waals surface area (Å²) in [5.74, 6) is -0.901. The van der Waals surface area contributed by atoms with Crippen LogP contribution in [0.3, 0.4) is 0 Å². The highest BCUT2D eigenvalue weighted by atomic mass is 16.6. The van der Waals surface area contributed by atoms with Crippen LogP contribution in [0.25, 0.3) is 0 Å². The second-order valence-electron chi connectivity index (χ2n) is 14.7. The minimum absolute atomic E-state index is 0.0354. The van der Waals surface area contributed by atoms with Crippen molar-refractivity contribution in [2.45, 2.75) is 129 Å². The summed E-state index contributed by atoms with van der Waals surface area (Å²) in [4.78, 5) is 44.2. The number of aliphatic hydroxyl groups is 2. The van der Waals surface area contributed by atoms with Crippen molar-refractivity contribution in [1.29, 1.82) is 0 Å². The molecule has 0 aromatic rings. The average molecular weight is 690 g/mol. The van der Waals surface area contributed by atoms with Gasteiger partial charge in [0.2, 0.25) is 0 Å². The first-order valence-electron chi connectivity index (χ1n) is 18.5. The topological polar surface area (TPSA) is 129 Å². The van der Waals surface area contributed by atoms with E-state index >= 15 is 0 Å². The third-order valence-corrected chi connectivity index (χ3v) is 10.1. The Bertz CT molecular complexity index is 1140. The van der Waals surface area contributed by atoms with Crippen LogP contribution in [0, 0.1) is 11.8 Å². The number of amides is 2. The first-order chi connectivity index (χ1) is 23.3. The molecular formula is C38H63N3O8. The molecule has 1 saturated carbocycles. The van der Waals surface area contributed by atoms with Crippen LogP contribution in [0.15, 0.2) is 36.0 Å². The van der Waals surface area contributed by atoms with Crippen molar-refractivity contribution in [1.82, 2.24) is 14.7 Å². The van der Waals surface area contributed by atoms with Crippen LogP contribution in [0.2, 0.25) is 0 Å². The van der Waals surface area contributed by atoms with E-state index in [0.29, 0.717) is 25.7 Å². The lowest BCUT2D eigenvalue weighted by Crippen LogP contribution is -2.53. The number of cyclic esters (lactones) is 1. The predicted molar refractivity (Wildman–Crippen MR) is 190 cm³/mol. The number of carbonyl (C=O) groups is 3. The van der Waals surface area contributed by atoms with Crippen molar-refractivity contribution in [3.63, 3.8) is 0 Å². The van der Waals surface area contributed by atoms with Crippen molar-refractivity contribution in [2.75, 3.05) is 46.4 Å². The molecule has 3 aliphatic rings. The molecule has 1 saturated heterocycles. The molecule has 0 radical (unpaired) electrons. The summed E-state index contributed by atoms with van der Waals surface area (Å²) in [7, 11) is 1.71. The van der Waals surface area contributed by atoms with Crippen LogP contribution < -0.4 is 0 Å². The number of aliphatic hydroxyl groups excluding tert-OH is 1.